The molecule has 2 aromatic rings. The number of nitrogens with one attached hydrogen (secondary N) is 2. The van der Waals surface area contributed by atoms with E-state index in [4.69, 9.17) is 16.3 Å². The van der Waals surface area contributed by atoms with Crippen LogP contribution in [-0.4, -0.2) is 36.5 Å². The smallest absolute Gasteiger partial charge is 0.322 e. The lowest BCUT2D eigenvalue weighted by Gasteiger charge is -2.24. The number of rotatable bonds is 4. The molecule has 1 aliphatic rings. The van der Waals surface area contributed by atoms with Crippen molar-refractivity contribution in [1.82, 2.24) is 4.90 Å². The van der Waals surface area contributed by atoms with E-state index in [1.165, 1.54) is 0 Å². The third kappa shape index (κ3) is 3.91. The van der Waals surface area contributed by atoms with Crippen LogP contribution in [0.5, 0.6) is 5.75 Å². The SMILES string of the molecule is COc1ccccc1NC(=O)N1CCCC1C(=O)Nc1ccccc1Cl. The molecule has 0 bridgehead atoms. The van der Waals surface area contributed by atoms with E-state index >= 15 is 0 Å². The highest BCUT2D eigenvalue weighted by molar-refractivity contribution is 6.33. The minimum absolute atomic E-state index is 0.245. The molecular formula is C19H20ClN3O3. The number of benzene rings is 2. The van der Waals surface area contributed by atoms with Crippen LogP contribution in [0.1, 0.15) is 12.8 Å². The second-order valence-electron chi connectivity index (χ2n) is 5.95. The number of ether oxygens (including phenoxy) is 1. The number of carbonyl (C=O) groups excluding carboxylic acids is 2. The van der Waals surface area contributed by atoms with Gasteiger partial charge in [-0.05, 0) is 37.1 Å². The van der Waals surface area contributed by atoms with Crippen LogP contribution in [0, 0.1) is 0 Å². The fraction of sp³-hybridized carbons (Fsp3) is 0.263. The summed E-state index contributed by atoms with van der Waals surface area (Å²) in [4.78, 5) is 26.9. The maximum Gasteiger partial charge on any atom is 0.322 e. The lowest BCUT2D eigenvalue weighted by Crippen LogP contribution is -2.45. The number of carbonyl (C=O) groups is 2. The monoisotopic (exact) mass is 373 g/mol. The number of amides is 3. The summed E-state index contributed by atoms with van der Waals surface area (Å²) in [6.45, 7) is 0.515. The average molecular weight is 374 g/mol. The van der Waals surface area contributed by atoms with Crippen molar-refractivity contribution in [2.45, 2.75) is 18.9 Å². The highest BCUT2D eigenvalue weighted by Crippen LogP contribution is 2.26. The first-order chi connectivity index (χ1) is 12.6. The molecule has 1 saturated heterocycles. The molecular weight excluding hydrogens is 354 g/mol. The van der Waals surface area contributed by atoms with Gasteiger partial charge in [0.2, 0.25) is 5.91 Å². The molecule has 3 amide bonds. The Morgan fingerprint density at radius 2 is 1.77 bits per heavy atom. The normalized spacial score (nSPS) is 16.2. The van der Waals surface area contributed by atoms with Crippen LogP contribution in [0.4, 0.5) is 16.2 Å². The molecule has 0 radical (unpaired) electrons. The van der Waals surface area contributed by atoms with Crippen molar-refractivity contribution in [3.63, 3.8) is 0 Å². The Hall–Kier alpha value is -2.73. The van der Waals surface area contributed by atoms with Crippen LogP contribution in [0.25, 0.3) is 0 Å². The molecule has 0 aliphatic carbocycles. The van der Waals surface area contributed by atoms with Crippen LogP contribution in [0.15, 0.2) is 48.5 Å². The number of urea groups is 1. The van der Waals surface area contributed by atoms with Crippen molar-refractivity contribution in [2.24, 2.45) is 0 Å². The number of methoxy groups -OCH3 is 1. The van der Waals surface area contributed by atoms with Gasteiger partial charge in [0.15, 0.2) is 0 Å². The maximum atomic E-state index is 12.7. The summed E-state index contributed by atoms with van der Waals surface area (Å²) < 4.78 is 5.25. The predicted molar refractivity (Wildman–Crippen MR) is 102 cm³/mol. The molecule has 2 N–H and O–H groups in total. The van der Waals surface area contributed by atoms with Gasteiger partial charge in [-0.25, -0.2) is 4.79 Å². The van der Waals surface area contributed by atoms with Crippen molar-refractivity contribution >= 4 is 34.9 Å². The van der Waals surface area contributed by atoms with Crippen molar-refractivity contribution in [3.8, 4) is 5.75 Å². The quantitative estimate of drug-likeness (QED) is 0.851. The molecule has 0 aromatic heterocycles. The number of nitrogens with zero attached hydrogens (tertiary/aromatic N) is 1. The number of hydrogen-bond donors (Lipinski definition) is 2. The van der Waals surface area contributed by atoms with Gasteiger partial charge in [0.25, 0.3) is 0 Å². The van der Waals surface area contributed by atoms with E-state index in [2.05, 4.69) is 10.6 Å². The standard InChI is InChI=1S/C19H20ClN3O3/c1-26-17-11-5-4-9-15(17)22-19(25)23-12-6-10-16(23)18(24)21-14-8-3-2-7-13(14)20/h2-5,7-9,11,16H,6,10,12H2,1H3,(H,21,24)(H,22,25). The molecule has 1 fully saturated rings. The zero-order valence-corrected chi connectivity index (χ0v) is 15.1. The van der Waals surface area contributed by atoms with Gasteiger partial charge in [0.1, 0.15) is 11.8 Å². The molecule has 1 atom stereocenters. The summed E-state index contributed by atoms with van der Waals surface area (Å²) in [7, 11) is 1.54. The van der Waals surface area contributed by atoms with Gasteiger partial charge in [0, 0.05) is 6.54 Å². The summed E-state index contributed by atoms with van der Waals surface area (Å²) in [6.07, 6.45) is 1.37. The Balaban J connectivity index is 1.70. The van der Waals surface area contributed by atoms with Crippen LogP contribution >= 0.6 is 11.6 Å². The highest BCUT2D eigenvalue weighted by Gasteiger charge is 2.34. The van der Waals surface area contributed by atoms with Gasteiger partial charge in [-0.1, -0.05) is 35.9 Å². The minimum atomic E-state index is -0.541. The molecule has 3 rings (SSSR count). The molecule has 1 aliphatic heterocycles. The summed E-state index contributed by atoms with van der Waals surface area (Å²) in [6, 6.07) is 13.3. The Kier molecular flexibility index (Phi) is 5.63. The van der Waals surface area contributed by atoms with Gasteiger partial charge >= 0.3 is 6.03 Å². The summed E-state index contributed by atoms with van der Waals surface area (Å²) in [5.74, 6) is 0.322. The first-order valence-electron chi connectivity index (χ1n) is 8.36. The van der Waals surface area contributed by atoms with Gasteiger partial charge in [-0.2, -0.15) is 0 Å². The molecule has 1 heterocycles. The Bertz CT molecular complexity index is 812. The number of likely N-dealkylation sites (tertiary alicyclic amines) is 1. The molecule has 7 heteroatoms. The second kappa shape index (κ2) is 8.10. The van der Waals surface area contributed by atoms with Crippen LogP contribution in [0.2, 0.25) is 5.02 Å². The maximum absolute atomic E-state index is 12.7. The molecule has 1 unspecified atom stereocenters. The Morgan fingerprint density at radius 1 is 1.08 bits per heavy atom. The van der Waals surface area contributed by atoms with Gasteiger partial charge in [-0.3, -0.25) is 4.79 Å². The third-order valence-electron chi connectivity index (χ3n) is 4.30. The van der Waals surface area contributed by atoms with E-state index in [1.54, 1.807) is 48.4 Å². The number of para-hydroxylation sites is 3. The van der Waals surface area contributed by atoms with E-state index in [1.807, 2.05) is 12.1 Å². The number of anilines is 2. The average Bonchev–Trinajstić information content (AvgIpc) is 3.14. The van der Waals surface area contributed by atoms with Crippen molar-refractivity contribution in [3.05, 3.63) is 53.6 Å². The Morgan fingerprint density at radius 3 is 2.50 bits per heavy atom. The van der Waals surface area contributed by atoms with Crippen molar-refractivity contribution in [1.29, 1.82) is 0 Å². The van der Waals surface area contributed by atoms with E-state index < -0.39 is 6.04 Å². The highest BCUT2D eigenvalue weighted by atomic mass is 35.5. The summed E-state index contributed by atoms with van der Waals surface area (Å²) >= 11 is 6.09. The largest absolute Gasteiger partial charge is 0.495 e. The van der Waals surface area contributed by atoms with E-state index in [0.29, 0.717) is 35.1 Å². The van der Waals surface area contributed by atoms with Gasteiger partial charge in [-0.15, -0.1) is 0 Å². The zero-order chi connectivity index (χ0) is 18.5. The van der Waals surface area contributed by atoms with Gasteiger partial charge in [0.05, 0.1) is 23.5 Å². The predicted octanol–water partition coefficient (Wildman–Crippen LogP) is 3.98. The fourth-order valence-corrected chi connectivity index (χ4v) is 3.18. The molecule has 136 valence electrons. The van der Waals surface area contributed by atoms with Crippen LogP contribution in [0.3, 0.4) is 0 Å². The van der Waals surface area contributed by atoms with Crippen LogP contribution in [-0.2, 0) is 4.79 Å². The number of halogens is 1. The Labute approximate surface area is 157 Å². The fourth-order valence-electron chi connectivity index (χ4n) is 3.00. The molecule has 26 heavy (non-hydrogen) atoms. The third-order valence-corrected chi connectivity index (χ3v) is 4.63. The van der Waals surface area contributed by atoms with E-state index in [-0.39, 0.29) is 11.9 Å². The lowest BCUT2D eigenvalue weighted by atomic mass is 10.2. The van der Waals surface area contributed by atoms with E-state index in [9.17, 15) is 9.59 Å². The first-order valence-corrected chi connectivity index (χ1v) is 8.74. The van der Waals surface area contributed by atoms with Crippen molar-refractivity contribution in [2.75, 3.05) is 24.3 Å². The second-order valence-corrected chi connectivity index (χ2v) is 6.36. The minimum Gasteiger partial charge on any atom is -0.495 e. The topological polar surface area (TPSA) is 70.7 Å². The number of hydrogen-bond acceptors (Lipinski definition) is 3. The van der Waals surface area contributed by atoms with Crippen molar-refractivity contribution < 1.29 is 14.3 Å². The zero-order valence-electron chi connectivity index (χ0n) is 14.4. The summed E-state index contributed by atoms with van der Waals surface area (Å²) in [5, 5.41) is 6.09. The molecule has 2 aromatic carbocycles. The first kappa shape index (κ1) is 18.1. The lowest BCUT2D eigenvalue weighted by molar-refractivity contribution is -0.119. The van der Waals surface area contributed by atoms with E-state index in [0.717, 1.165) is 6.42 Å². The summed E-state index contributed by atoms with van der Waals surface area (Å²) in [5.41, 5.74) is 1.10. The molecule has 0 saturated carbocycles. The molecule has 0 spiro atoms. The molecule has 6 nitrogen and oxygen atoms in total. The van der Waals surface area contributed by atoms with Gasteiger partial charge < -0.3 is 20.3 Å². The van der Waals surface area contributed by atoms with Crippen LogP contribution < -0.4 is 15.4 Å².